The van der Waals surface area contributed by atoms with Crippen LogP contribution in [0, 0.1) is 5.92 Å². The minimum Gasteiger partial charge on any atom is -0.390 e. The average molecular weight is 195 g/mol. The molecule has 1 nitrogen and oxygen atoms in total. The Hall–Kier alpha value is -0.500. The minimum absolute atomic E-state index is 0.753. The van der Waals surface area contributed by atoms with E-state index in [1.807, 2.05) is 11.3 Å². The first-order chi connectivity index (χ1) is 6.18. The fourth-order valence-corrected chi connectivity index (χ4v) is 3.49. The largest absolute Gasteiger partial charge is 0.390 e. The normalized spacial score (nSPS) is 15.3. The van der Waals surface area contributed by atoms with Crippen molar-refractivity contribution in [2.24, 2.45) is 5.92 Å². The molecule has 2 rings (SSSR count). The van der Waals surface area contributed by atoms with Crippen molar-refractivity contribution in [1.29, 1.82) is 0 Å². The molecular formula is C11H17NS. The van der Waals surface area contributed by atoms with E-state index in [0.29, 0.717) is 0 Å². The summed E-state index contributed by atoms with van der Waals surface area (Å²) in [6.07, 6.45) is 5.01. The van der Waals surface area contributed by atoms with Crippen molar-refractivity contribution in [2.45, 2.75) is 39.5 Å². The number of nitrogens with two attached hydrogens (primary N) is 1. The number of hydrogen-bond donors (Lipinski definition) is 1. The third-order valence-corrected chi connectivity index (χ3v) is 3.80. The molecule has 0 amide bonds. The molecule has 2 N–H and O–H groups in total. The van der Waals surface area contributed by atoms with E-state index in [2.05, 4.69) is 13.8 Å². The molecule has 0 atom stereocenters. The standard InChI is InChI=1S/C11H17NS/c1-7(2)6-10-8-4-3-5-9(8)11(12)13-10/h7H,3-6,12H2,1-2H3. The first kappa shape index (κ1) is 9.07. The lowest BCUT2D eigenvalue weighted by Crippen LogP contribution is -1.93. The van der Waals surface area contributed by atoms with Crippen LogP contribution >= 0.6 is 11.3 Å². The number of fused-ring (bicyclic) bond motifs is 1. The minimum atomic E-state index is 0.753. The van der Waals surface area contributed by atoms with Gasteiger partial charge in [0.1, 0.15) is 0 Å². The highest BCUT2D eigenvalue weighted by Crippen LogP contribution is 2.38. The van der Waals surface area contributed by atoms with E-state index >= 15 is 0 Å². The van der Waals surface area contributed by atoms with Crippen molar-refractivity contribution in [3.05, 3.63) is 16.0 Å². The van der Waals surface area contributed by atoms with Crippen LogP contribution < -0.4 is 5.73 Å². The highest BCUT2D eigenvalue weighted by Gasteiger charge is 2.20. The van der Waals surface area contributed by atoms with Gasteiger partial charge in [0.25, 0.3) is 0 Å². The third-order valence-electron chi connectivity index (χ3n) is 2.68. The number of nitrogen functional groups attached to an aromatic ring is 1. The number of thiophene rings is 1. The van der Waals surface area contributed by atoms with Gasteiger partial charge in [0.05, 0.1) is 5.00 Å². The summed E-state index contributed by atoms with van der Waals surface area (Å²) in [5, 5.41) is 1.09. The Bertz CT molecular complexity index is 312. The topological polar surface area (TPSA) is 26.0 Å². The molecular weight excluding hydrogens is 178 g/mol. The molecule has 0 bridgehead atoms. The SMILES string of the molecule is CC(C)Cc1sc(N)c2c1CCC2. The van der Waals surface area contributed by atoms with E-state index in [-0.39, 0.29) is 0 Å². The predicted molar refractivity (Wildman–Crippen MR) is 59.3 cm³/mol. The van der Waals surface area contributed by atoms with E-state index in [9.17, 15) is 0 Å². The van der Waals surface area contributed by atoms with E-state index < -0.39 is 0 Å². The lowest BCUT2D eigenvalue weighted by Gasteiger charge is -2.03. The summed E-state index contributed by atoms with van der Waals surface area (Å²) in [5.74, 6) is 0.753. The zero-order valence-electron chi connectivity index (χ0n) is 8.39. The Morgan fingerprint density at radius 2 is 2.00 bits per heavy atom. The van der Waals surface area contributed by atoms with Crippen molar-refractivity contribution in [1.82, 2.24) is 0 Å². The maximum Gasteiger partial charge on any atom is 0.0894 e. The summed E-state index contributed by atoms with van der Waals surface area (Å²) < 4.78 is 0. The molecule has 1 aliphatic carbocycles. The summed E-state index contributed by atoms with van der Waals surface area (Å²) in [6.45, 7) is 4.55. The molecule has 0 saturated heterocycles. The fourth-order valence-electron chi connectivity index (χ4n) is 2.11. The Morgan fingerprint density at radius 3 is 2.69 bits per heavy atom. The number of anilines is 1. The second-order valence-electron chi connectivity index (χ2n) is 4.30. The second kappa shape index (κ2) is 3.33. The Balaban J connectivity index is 2.31. The predicted octanol–water partition coefficient (Wildman–Crippen LogP) is 3.02. The molecule has 1 aromatic rings. The van der Waals surface area contributed by atoms with Gasteiger partial charge in [0.15, 0.2) is 0 Å². The molecule has 13 heavy (non-hydrogen) atoms. The van der Waals surface area contributed by atoms with Crippen LogP contribution in [0.1, 0.15) is 36.3 Å². The van der Waals surface area contributed by atoms with Gasteiger partial charge in [-0.3, -0.25) is 0 Å². The molecule has 0 aromatic carbocycles. The maximum atomic E-state index is 5.99. The van der Waals surface area contributed by atoms with Crippen LogP contribution in [0.4, 0.5) is 5.00 Å². The Morgan fingerprint density at radius 1 is 1.31 bits per heavy atom. The number of hydrogen-bond acceptors (Lipinski definition) is 2. The van der Waals surface area contributed by atoms with Crippen LogP contribution in [-0.4, -0.2) is 0 Å². The molecule has 0 aliphatic heterocycles. The highest BCUT2D eigenvalue weighted by molar-refractivity contribution is 7.16. The Labute approximate surface area is 84.0 Å². The molecule has 1 aromatic heterocycles. The van der Waals surface area contributed by atoms with E-state index in [1.54, 1.807) is 10.4 Å². The quantitative estimate of drug-likeness (QED) is 0.771. The van der Waals surface area contributed by atoms with Gasteiger partial charge in [-0.15, -0.1) is 11.3 Å². The van der Waals surface area contributed by atoms with Gasteiger partial charge in [-0.2, -0.15) is 0 Å². The molecule has 0 spiro atoms. The van der Waals surface area contributed by atoms with Crippen LogP contribution in [0.25, 0.3) is 0 Å². The van der Waals surface area contributed by atoms with E-state index in [0.717, 1.165) is 10.9 Å². The van der Waals surface area contributed by atoms with Gasteiger partial charge in [-0.05, 0) is 42.7 Å². The highest BCUT2D eigenvalue weighted by atomic mass is 32.1. The van der Waals surface area contributed by atoms with Crippen molar-refractivity contribution in [3.8, 4) is 0 Å². The van der Waals surface area contributed by atoms with Crippen molar-refractivity contribution >= 4 is 16.3 Å². The molecule has 0 unspecified atom stereocenters. The summed E-state index contributed by atoms with van der Waals surface area (Å²) in [7, 11) is 0. The molecule has 1 heterocycles. The molecule has 72 valence electrons. The first-order valence-corrected chi connectivity index (χ1v) is 5.89. The molecule has 0 saturated carbocycles. The van der Waals surface area contributed by atoms with Crippen LogP contribution in [0.5, 0.6) is 0 Å². The van der Waals surface area contributed by atoms with Gasteiger partial charge in [0, 0.05) is 4.88 Å². The lowest BCUT2D eigenvalue weighted by atomic mass is 10.1. The van der Waals surface area contributed by atoms with Gasteiger partial charge in [0.2, 0.25) is 0 Å². The van der Waals surface area contributed by atoms with Gasteiger partial charge in [-0.25, -0.2) is 0 Å². The molecule has 2 heteroatoms. The van der Waals surface area contributed by atoms with Gasteiger partial charge >= 0.3 is 0 Å². The lowest BCUT2D eigenvalue weighted by molar-refractivity contribution is 0.650. The third kappa shape index (κ3) is 1.60. The zero-order valence-corrected chi connectivity index (χ0v) is 9.21. The van der Waals surface area contributed by atoms with Crippen LogP contribution in [0.2, 0.25) is 0 Å². The Kier molecular flexibility index (Phi) is 2.33. The summed E-state index contributed by atoms with van der Waals surface area (Å²) >= 11 is 1.82. The van der Waals surface area contributed by atoms with Crippen LogP contribution in [0.15, 0.2) is 0 Å². The summed E-state index contributed by atoms with van der Waals surface area (Å²) in [6, 6.07) is 0. The second-order valence-corrected chi connectivity index (χ2v) is 5.43. The summed E-state index contributed by atoms with van der Waals surface area (Å²) in [4.78, 5) is 1.56. The van der Waals surface area contributed by atoms with Crippen LogP contribution in [-0.2, 0) is 19.3 Å². The molecule has 1 aliphatic rings. The van der Waals surface area contributed by atoms with Crippen molar-refractivity contribution < 1.29 is 0 Å². The summed E-state index contributed by atoms with van der Waals surface area (Å²) in [5.41, 5.74) is 9.05. The zero-order chi connectivity index (χ0) is 9.42. The molecule has 0 fully saturated rings. The monoisotopic (exact) mass is 195 g/mol. The molecule has 0 radical (unpaired) electrons. The van der Waals surface area contributed by atoms with Gasteiger partial charge in [-0.1, -0.05) is 13.8 Å². The first-order valence-electron chi connectivity index (χ1n) is 5.07. The average Bonchev–Trinajstić information content (AvgIpc) is 2.56. The maximum absolute atomic E-state index is 5.99. The van der Waals surface area contributed by atoms with E-state index in [4.69, 9.17) is 5.73 Å². The number of rotatable bonds is 2. The van der Waals surface area contributed by atoms with Gasteiger partial charge < -0.3 is 5.73 Å². The smallest absolute Gasteiger partial charge is 0.0894 e. The van der Waals surface area contributed by atoms with Crippen molar-refractivity contribution in [3.63, 3.8) is 0 Å². The fraction of sp³-hybridized carbons (Fsp3) is 0.636. The van der Waals surface area contributed by atoms with Crippen molar-refractivity contribution in [2.75, 3.05) is 5.73 Å². The van der Waals surface area contributed by atoms with Crippen LogP contribution in [0.3, 0.4) is 0 Å². The van der Waals surface area contributed by atoms with E-state index in [1.165, 1.54) is 31.2 Å².